The number of likely N-dealkylation sites (tertiary alicyclic amines) is 1. The van der Waals surface area contributed by atoms with Crippen molar-refractivity contribution < 1.29 is 14.7 Å². The summed E-state index contributed by atoms with van der Waals surface area (Å²) in [6.45, 7) is 7.87. The predicted octanol–water partition coefficient (Wildman–Crippen LogP) is 1.51. The van der Waals surface area contributed by atoms with Gasteiger partial charge in [0.15, 0.2) is 0 Å². The van der Waals surface area contributed by atoms with Crippen LogP contribution in [-0.4, -0.2) is 47.6 Å². The van der Waals surface area contributed by atoms with Gasteiger partial charge in [0.1, 0.15) is 6.54 Å². The first-order valence-corrected chi connectivity index (χ1v) is 6.92. The average molecular weight is 305 g/mol. The molecular formula is C14H25ClN2O3. The fourth-order valence-corrected chi connectivity index (χ4v) is 4.18. The van der Waals surface area contributed by atoms with Crippen molar-refractivity contribution >= 4 is 24.3 Å². The smallest absolute Gasteiger partial charge is 0.322 e. The van der Waals surface area contributed by atoms with Crippen molar-refractivity contribution in [2.75, 3.05) is 19.6 Å². The monoisotopic (exact) mass is 304 g/mol. The molecule has 0 aromatic rings. The third-order valence-electron chi connectivity index (χ3n) is 4.31. The van der Waals surface area contributed by atoms with Crippen LogP contribution < -0.4 is 5.32 Å². The quantitative estimate of drug-likeness (QED) is 0.826. The summed E-state index contributed by atoms with van der Waals surface area (Å²) in [4.78, 5) is 24.4. The van der Waals surface area contributed by atoms with Crippen molar-refractivity contribution in [2.45, 2.75) is 46.1 Å². The Morgan fingerprint density at radius 1 is 1.30 bits per heavy atom. The molecule has 1 aliphatic carbocycles. The number of hydrogen-bond acceptors (Lipinski definition) is 3. The van der Waals surface area contributed by atoms with Crippen LogP contribution in [0.2, 0.25) is 0 Å². The fraction of sp³-hybridized carbons (Fsp3) is 0.857. The first-order chi connectivity index (χ1) is 8.69. The number of nitrogens with one attached hydrogen (secondary N) is 1. The van der Waals surface area contributed by atoms with Crippen molar-refractivity contribution in [2.24, 2.45) is 10.8 Å². The minimum absolute atomic E-state index is 0. The third-order valence-corrected chi connectivity index (χ3v) is 4.31. The minimum atomic E-state index is -0.999. The van der Waals surface area contributed by atoms with Crippen LogP contribution >= 0.6 is 12.4 Å². The molecule has 2 rings (SSSR count). The van der Waals surface area contributed by atoms with Gasteiger partial charge in [0.2, 0.25) is 5.91 Å². The number of nitrogens with zero attached hydrogens (tertiary/aromatic N) is 1. The number of fused-ring (bicyclic) bond motifs is 2. The Kier molecular flexibility index (Phi) is 5.08. The van der Waals surface area contributed by atoms with Gasteiger partial charge >= 0.3 is 5.97 Å². The Morgan fingerprint density at radius 3 is 2.55 bits per heavy atom. The molecule has 6 heteroatoms. The Hall–Kier alpha value is -0.810. The topological polar surface area (TPSA) is 69.6 Å². The molecule has 0 spiro atoms. The standard InChI is InChI=1S/C14H24N2O3.ClH/c1-13(2)4-10-5-14(3,8-13)9-16(10)7-11(17)15-6-12(18)19;/h10H,4-9H2,1-3H3,(H,15,17)(H,18,19);1H. The Bertz CT molecular complexity index is 400. The zero-order valence-electron chi connectivity index (χ0n) is 12.4. The number of carbonyl (C=O) groups is 2. The van der Waals surface area contributed by atoms with E-state index < -0.39 is 5.97 Å². The molecule has 2 N–H and O–H groups in total. The summed E-state index contributed by atoms with van der Waals surface area (Å²) in [5.74, 6) is -1.18. The van der Waals surface area contributed by atoms with Gasteiger partial charge in [0.25, 0.3) is 0 Å². The van der Waals surface area contributed by atoms with E-state index in [1.807, 2.05) is 0 Å². The lowest BCUT2D eigenvalue weighted by Gasteiger charge is -2.39. The van der Waals surface area contributed by atoms with E-state index in [9.17, 15) is 9.59 Å². The summed E-state index contributed by atoms with van der Waals surface area (Å²) >= 11 is 0. The van der Waals surface area contributed by atoms with Gasteiger partial charge < -0.3 is 10.4 Å². The van der Waals surface area contributed by atoms with E-state index in [0.29, 0.717) is 23.4 Å². The maximum atomic E-state index is 11.7. The van der Waals surface area contributed by atoms with Crippen molar-refractivity contribution in [3.63, 3.8) is 0 Å². The van der Waals surface area contributed by atoms with Crippen LogP contribution in [0.4, 0.5) is 0 Å². The summed E-state index contributed by atoms with van der Waals surface area (Å²) in [5.41, 5.74) is 0.642. The van der Waals surface area contributed by atoms with E-state index >= 15 is 0 Å². The molecule has 2 fully saturated rings. The second-order valence-corrected chi connectivity index (χ2v) is 7.29. The molecule has 1 amide bonds. The summed E-state index contributed by atoms with van der Waals surface area (Å²) in [6, 6.07) is 0.462. The number of carboxylic acids is 1. The number of halogens is 1. The number of aliphatic carboxylic acids is 1. The van der Waals surface area contributed by atoms with Gasteiger partial charge in [-0.1, -0.05) is 20.8 Å². The van der Waals surface area contributed by atoms with E-state index in [-0.39, 0.29) is 24.9 Å². The SMILES string of the molecule is CC1(C)CC2CC(C)(CN2CC(=O)NCC(=O)O)C1.Cl. The molecule has 1 aliphatic heterocycles. The molecule has 2 unspecified atom stereocenters. The molecule has 20 heavy (non-hydrogen) atoms. The number of hydrogen-bond donors (Lipinski definition) is 2. The molecule has 1 heterocycles. The van der Waals surface area contributed by atoms with E-state index in [4.69, 9.17) is 5.11 Å². The van der Waals surface area contributed by atoms with Gasteiger partial charge in [-0.05, 0) is 30.1 Å². The van der Waals surface area contributed by atoms with Crippen LogP contribution in [0.1, 0.15) is 40.0 Å². The van der Waals surface area contributed by atoms with Crippen LogP contribution in [-0.2, 0) is 9.59 Å². The van der Waals surface area contributed by atoms with Crippen LogP contribution in [0.3, 0.4) is 0 Å². The number of carbonyl (C=O) groups excluding carboxylic acids is 1. The zero-order valence-corrected chi connectivity index (χ0v) is 13.3. The first kappa shape index (κ1) is 17.2. The highest BCUT2D eigenvalue weighted by molar-refractivity contribution is 5.85. The van der Waals surface area contributed by atoms with Gasteiger partial charge in [-0.3, -0.25) is 14.5 Å². The lowest BCUT2D eigenvalue weighted by molar-refractivity contribution is -0.138. The molecule has 1 saturated heterocycles. The molecule has 0 aromatic carbocycles. The molecule has 5 nitrogen and oxygen atoms in total. The Balaban J connectivity index is 0.00000200. The average Bonchev–Trinajstić information content (AvgIpc) is 2.44. The molecule has 2 aliphatic rings. The molecule has 0 aromatic heterocycles. The lowest BCUT2D eigenvalue weighted by atomic mass is 9.65. The summed E-state index contributed by atoms with van der Waals surface area (Å²) < 4.78 is 0. The van der Waals surface area contributed by atoms with E-state index in [0.717, 1.165) is 19.4 Å². The molecular weight excluding hydrogens is 280 g/mol. The summed E-state index contributed by atoms with van der Waals surface area (Å²) in [5, 5.41) is 11.0. The van der Waals surface area contributed by atoms with Crippen LogP contribution in [0, 0.1) is 10.8 Å². The van der Waals surface area contributed by atoms with Crippen molar-refractivity contribution in [3.05, 3.63) is 0 Å². The molecule has 1 saturated carbocycles. The van der Waals surface area contributed by atoms with Gasteiger partial charge in [-0.2, -0.15) is 0 Å². The minimum Gasteiger partial charge on any atom is -0.480 e. The second kappa shape index (κ2) is 5.90. The second-order valence-electron chi connectivity index (χ2n) is 7.29. The normalized spacial score (nSPS) is 31.4. The van der Waals surface area contributed by atoms with Crippen molar-refractivity contribution in [1.82, 2.24) is 10.2 Å². The zero-order chi connectivity index (χ0) is 14.3. The van der Waals surface area contributed by atoms with Crippen LogP contribution in [0.25, 0.3) is 0 Å². The Labute approximate surface area is 126 Å². The van der Waals surface area contributed by atoms with Crippen LogP contribution in [0.5, 0.6) is 0 Å². The third kappa shape index (κ3) is 4.09. The number of amides is 1. The highest BCUT2D eigenvalue weighted by atomic mass is 35.5. The molecule has 2 atom stereocenters. The number of rotatable bonds is 4. The van der Waals surface area contributed by atoms with Gasteiger partial charge in [0, 0.05) is 12.6 Å². The van der Waals surface area contributed by atoms with E-state index in [2.05, 4.69) is 31.0 Å². The maximum Gasteiger partial charge on any atom is 0.322 e. The molecule has 0 radical (unpaired) electrons. The van der Waals surface area contributed by atoms with E-state index in [1.165, 1.54) is 6.42 Å². The molecule has 116 valence electrons. The summed E-state index contributed by atoms with van der Waals surface area (Å²) in [6.07, 6.45) is 3.47. The number of carboxylic acid groups (broad SMARTS) is 1. The van der Waals surface area contributed by atoms with Crippen LogP contribution in [0.15, 0.2) is 0 Å². The lowest BCUT2D eigenvalue weighted by Crippen LogP contribution is -2.42. The molecule has 2 bridgehead atoms. The highest BCUT2D eigenvalue weighted by Gasteiger charge is 2.49. The fourth-order valence-electron chi connectivity index (χ4n) is 4.18. The first-order valence-electron chi connectivity index (χ1n) is 6.92. The van der Waals surface area contributed by atoms with E-state index in [1.54, 1.807) is 0 Å². The summed E-state index contributed by atoms with van der Waals surface area (Å²) in [7, 11) is 0. The van der Waals surface area contributed by atoms with Gasteiger partial charge in [0.05, 0.1) is 6.54 Å². The van der Waals surface area contributed by atoms with Crippen molar-refractivity contribution in [1.29, 1.82) is 0 Å². The predicted molar refractivity (Wildman–Crippen MR) is 79.0 cm³/mol. The van der Waals surface area contributed by atoms with Gasteiger partial charge in [-0.25, -0.2) is 0 Å². The Morgan fingerprint density at radius 2 is 1.95 bits per heavy atom. The highest BCUT2D eigenvalue weighted by Crippen LogP contribution is 2.52. The van der Waals surface area contributed by atoms with Gasteiger partial charge in [-0.15, -0.1) is 12.4 Å². The maximum absolute atomic E-state index is 11.7. The largest absolute Gasteiger partial charge is 0.480 e. The van der Waals surface area contributed by atoms with Crippen molar-refractivity contribution in [3.8, 4) is 0 Å².